The SMILES string of the molecule is c1nc(C2CCCCC2)cc(C2CCCCC2)n1. The predicted molar refractivity (Wildman–Crippen MR) is 73.7 cm³/mol. The van der Waals surface area contributed by atoms with Gasteiger partial charge in [0.1, 0.15) is 6.33 Å². The lowest BCUT2D eigenvalue weighted by Crippen LogP contribution is -2.11. The van der Waals surface area contributed by atoms with Crippen molar-refractivity contribution < 1.29 is 0 Å². The molecule has 2 fully saturated rings. The summed E-state index contributed by atoms with van der Waals surface area (Å²) in [5, 5.41) is 0. The molecule has 2 saturated carbocycles. The van der Waals surface area contributed by atoms with E-state index in [1.54, 1.807) is 0 Å². The minimum absolute atomic E-state index is 0.712. The molecular weight excluding hydrogens is 220 g/mol. The summed E-state index contributed by atoms with van der Waals surface area (Å²) >= 11 is 0. The summed E-state index contributed by atoms with van der Waals surface area (Å²) in [4.78, 5) is 9.09. The molecule has 0 spiro atoms. The minimum atomic E-state index is 0.712. The van der Waals surface area contributed by atoms with Crippen LogP contribution in [0.2, 0.25) is 0 Å². The van der Waals surface area contributed by atoms with Gasteiger partial charge in [-0.2, -0.15) is 0 Å². The Morgan fingerprint density at radius 1 is 0.667 bits per heavy atom. The molecule has 18 heavy (non-hydrogen) atoms. The van der Waals surface area contributed by atoms with Crippen LogP contribution in [-0.4, -0.2) is 9.97 Å². The quantitative estimate of drug-likeness (QED) is 0.761. The zero-order chi connectivity index (χ0) is 12.2. The molecule has 0 unspecified atom stereocenters. The summed E-state index contributed by atoms with van der Waals surface area (Å²) in [5.74, 6) is 1.42. The van der Waals surface area contributed by atoms with Crippen molar-refractivity contribution >= 4 is 0 Å². The monoisotopic (exact) mass is 244 g/mol. The maximum Gasteiger partial charge on any atom is 0.115 e. The molecule has 0 atom stereocenters. The zero-order valence-corrected chi connectivity index (χ0v) is 11.3. The third-order valence-corrected chi connectivity index (χ3v) is 4.76. The second kappa shape index (κ2) is 5.81. The third kappa shape index (κ3) is 2.73. The molecule has 0 N–H and O–H groups in total. The normalized spacial score (nSPS) is 23.1. The Kier molecular flexibility index (Phi) is 3.92. The number of rotatable bonds is 2. The Labute approximate surface area is 110 Å². The molecule has 3 rings (SSSR count). The molecule has 0 radical (unpaired) electrons. The van der Waals surface area contributed by atoms with Crippen LogP contribution in [-0.2, 0) is 0 Å². The van der Waals surface area contributed by atoms with Gasteiger partial charge in [0.05, 0.1) is 0 Å². The van der Waals surface area contributed by atoms with E-state index < -0.39 is 0 Å². The first kappa shape index (κ1) is 12.1. The lowest BCUT2D eigenvalue weighted by molar-refractivity contribution is 0.425. The molecule has 1 aromatic rings. The first-order valence-electron chi connectivity index (χ1n) is 7.75. The smallest absolute Gasteiger partial charge is 0.115 e. The summed E-state index contributed by atoms with van der Waals surface area (Å²) in [5.41, 5.74) is 2.65. The summed E-state index contributed by atoms with van der Waals surface area (Å²) in [6.45, 7) is 0. The van der Waals surface area contributed by atoms with Gasteiger partial charge in [0.25, 0.3) is 0 Å². The van der Waals surface area contributed by atoms with Gasteiger partial charge >= 0.3 is 0 Å². The van der Waals surface area contributed by atoms with Crippen molar-refractivity contribution in [2.45, 2.75) is 76.0 Å². The fraction of sp³-hybridized carbons (Fsp3) is 0.750. The van der Waals surface area contributed by atoms with Gasteiger partial charge in [0, 0.05) is 23.2 Å². The molecule has 0 amide bonds. The van der Waals surface area contributed by atoms with E-state index in [9.17, 15) is 0 Å². The van der Waals surface area contributed by atoms with Gasteiger partial charge in [-0.25, -0.2) is 9.97 Å². The first-order valence-corrected chi connectivity index (χ1v) is 7.75. The molecule has 2 aliphatic rings. The standard InChI is InChI=1S/C16H24N2/c1-3-7-13(8-4-1)15-11-16(18-12-17-15)14-9-5-2-6-10-14/h11-14H,1-10H2. The Morgan fingerprint density at radius 2 is 1.11 bits per heavy atom. The van der Waals surface area contributed by atoms with Crippen LogP contribution in [0.25, 0.3) is 0 Å². The molecule has 2 nitrogen and oxygen atoms in total. The molecule has 1 heterocycles. The van der Waals surface area contributed by atoms with E-state index in [1.165, 1.54) is 75.6 Å². The predicted octanol–water partition coefficient (Wildman–Crippen LogP) is 4.57. The second-order valence-electron chi connectivity index (χ2n) is 6.04. The number of aromatic nitrogens is 2. The van der Waals surface area contributed by atoms with E-state index in [1.807, 2.05) is 6.33 Å². The number of hydrogen-bond acceptors (Lipinski definition) is 2. The van der Waals surface area contributed by atoms with Crippen LogP contribution in [0.1, 0.15) is 87.4 Å². The van der Waals surface area contributed by atoms with Gasteiger partial charge in [-0.1, -0.05) is 38.5 Å². The van der Waals surface area contributed by atoms with E-state index in [0.717, 1.165) is 0 Å². The molecule has 0 aliphatic heterocycles. The van der Waals surface area contributed by atoms with Crippen molar-refractivity contribution in [1.82, 2.24) is 9.97 Å². The van der Waals surface area contributed by atoms with Crippen molar-refractivity contribution in [2.24, 2.45) is 0 Å². The van der Waals surface area contributed by atoms with Crippen LogP contribution in [0.5, 0.6) is 0 Å². The Morgan fingerprint density at radius 3 is 1.56 bits per heavy atom. The van der Waals surface area contributed by atoms with Crippen LogP contribution >= 0.6 is 0 Å². The first-order chi connectivity index (χ1) is 8.93. The van der Waals surface area contributed by atoms with Crippen molar-refractivity contribution in [1.29, 1.82) is 0 Å². The highest BCUT2D eigenvalue weighted by Gasteiger charge is 2.20. The maximum absolute atomic E-state index is 4.55. The zero-order valence-electron chi connectivity index (χ0n) is 11.3. The fourth-order valence-corrected chi connectivity index (χ4v) is 3.63. The van der Waals surface area contributed by atoms with Crippen LogP contribution < -0.4 is 0 Å². The van der Waals surface area contributed by atoms with E-state index >= 15 is 0 Å². The summed E-state index contributed by atoms with van der Waals surface area (Å²) in [7, 11) is 0. The van der Waals surface area contributed by atoms with E-state index in [2.05, 4.69) is 16.0 Å². The summed E-state index contributed by atoms with van der Waals surface area (Å²) < 4.78 is 0. The molecule has 98 valence electrons. The minimum Gasteiger partial charge on any atom is -0.241 e. The molecule has 0 bridgehead atoms. The molecule has 0 aromatic carbocycles. The van der Waals surface area contributed by atoms with Crippen molar-refractivity contribution in [3.05, 3.63) is 23.8 Å². The Hall–Kier alpha value is -0.920. The van der Waals surface area contributed by atoms with Gasteiger partial charge < -0.3 is 0 Å². The highest BCUT2D eigenvalue weighted by atomic mass is 14.8. The lowest BCUT2D eigenvalue weighted by Gasteiger charge is -2.24. The fourth-order valence-electron chi connectivity index (χ4n) is 3.63. The Bertz CT molecular complexity index is 343. The van der Waals surface area contributed by atoms with Crippen molar-refractivity contribution in [3.63, 3.8) is 0 Å². The average molecular weight is 244 g/mol. The lowest BCUT2D eigenvalue weighted by atomic mass is 9.84. The van der Waals surface area contributed by atoms with E-state index in [0.29, 0.717) is 11.8 Å². The third-order valence-electron chi connectivity index (χ3n) is 4.76. The van der Waals surface area contributed by atoms with Crippen molar-refractivity contribution in [2.75, 3.05) is 0 Å². The van der Waals surface area contributed by atoms with E-state index in [-0.39, 0.29) is 0 Å². The molecular formula is C16H24N2. The maximum atomic E-state index is 4.55. The molecule has 2 heteroatoms. The van der Waals surface area contributed by atoms with E-state index in [4.69, 9.17) is 0 Å². The second-order valence-corrected chi connectivity index (χ2v) is 6.04. The summed E-state index contributed by atoms with van der Waals surface area (Å²) in [6.07, 6.45) is 15.5. The van der Waals surface area contributed by atoms with Crippen molar-refractivity contribution in [3.8, 4) is 0 Å². The topological polar surface area (TPSA) is 25.8 Å². The van der Waals surface area contributed by atoms with Gasteiger partial charge in [-0.05, 0) is 31.7 Å². The number of hydrogen-bond donors (Lipinski definition) is 0. The average Bonchev–Trinajstić information content (AvgIpc) is 2.49. The summed E-state index contributed by atoms with van der Waals surface area (Å²) in [6, 6.07) is 2.33. The highest BCUT2D eigenvalue weighted by Crippen LogP contribution is 2.35. The van der Waals surface area contributed by atoms with Gasteiger partial charge in [-0.15, -0.1) is 0 Å². The largest absolute Gasteiger partial charge is 0.241 e. The Balaban J connectivity index is 1.75. The van der Waals surface area contributed by atoms with Crippen LogP contribution in [0, 0.1) is 0 Å². The molecule has 1 aromatic heterocycles. The molecule has 0 saturated heterocycles. The highest BCUT2D eigenvalue weighted by molar-refractivity contribution is 5.17. The number of nitrogens with zero attached hydrogens (tertiary/aromatic N) is 2. The van der Waals surface area contributed by atoms with Gasteiger partial charge in [0.2, 0.25) is 0 Å². The van der Waals surface area contributed by atoms with Crippen LogP contribution in [0.15, 0.2) is 12.4 Å². The van der Waals surface area contributed by atoms with Crippen LogP contribution in [0.3, 0.4) is 0 Å². The van der Waals surface area contributed by atoms with Gasteiger partial charge in [0.15, 0.2) is 0 Å². The van der Waals surface area contributed by atoms with Crippen LogP contribution in [0.4, 0.5) is 0 Å². The molecule has 2 aliphatic carbocycles. The van der Waals surface area contributed by atoms with Gasteiger partial charge in [-0.3, -0.25) is 0 Å².